The first-order valence-corrected chi connectivity index (χ1v) is 8.02. The minimum absolute atomic E-state index is 0.0599. The molecule has 1 atom stereocenters. The summed E-state index contributed by atoms with van der Waals surface area (Å²) < 4.78 is 5.47. The van der Waals surface area contributed by atoms with Crippen molar-refractivity contribution >= 4 is 12.1 Å². The summed E-state index contributed by atoms with van der Waals surface area (Å²) in [6.07, 6.45) is 1.69. The maximum Gasteiger partial charge on any atom is 0.410 e. The lowest BCUT2D eigenvalue weighted by atomic mass is 9.97. The summed E-state index contributed by atoms with van der Waals surface area (Å²) in [6.45, 7) is 11.8. The maximum absolute atomic E-state index is 12.3. The van der Waals surface area contributed by atoms with E-state index in [0.29, 0.717) is 12.5 Å². The molecule has 1 aliphatic rings. The second kappa shape index (κ2) is 7.81. The number of nitrogens with zero attached hydrogens (tertiary/aromatic N) is 2. The Morgan fingerprint density at radius 2 is 2.00 bits per heavy atom. The first-order valence-electron chi connectivity index (χ1n) is 8.02. The van der Waals surface area contributed by atoms with E-state index in [1.807, 2.05) is 39.5 Å². The van der Waals surface area contributed by atoms with E-state index < -0.39 is 11.6 Å². The number of rotatable bonds is 5. The number of carboxylic acids is 1. The second-order valence-electron chi connectivity index (χ2n) is 7.36. The number of hydrogen-bond donors (Lipinski definition) is 1. The molecule has 1 unspecified atom stereocenters. The van der Waals surface area contributed by atoms with Gasteiger partial charge in [0.1, 0.15) is 5.60 Å². The van der Waals surface area contributed by atoms with Crippen molar-refractivity contribution in [3.05, 3.63) is 0 Å². The average Bonchev–Trinajstić information content (AvgIpc) is 2.33. The summed E-state index contributed by atoms with van der Waals surface area (Å²) >= 11 is 0. The molecule has 0 aromatic rings. The molecule has 0 saturated carbocycles. The van der Waals surface area contributed by atoms with Crippen LogP contribution in [-0.2, 0) is 9.53 Å². The molecule has 0 spiro atoms. The number of carbonyl (C=O) groups is 2. The SMILES string of the molecule is CC(C)N(CC1CCCN(CC(=O)O)C1)C(=O)OC(C)(C)C. The van der Waals surface area contributed by atoms with E-state index in [-0.39, 0.29) is 18.7 Å². The third-order valence-corrected chi connectivity index (χ3v) is 3.67. The molecule has 0 aromatic carbocycles. The van der Waals surface area contributed by atoms with Crippen LogP contribution in [0.2, 0.25) is 0 Å². The van der Waals surface area contributed by atoms with E-state index >= 15 is 0 Å². The Balaban J connectivity index is 2.62. The van der Waals surface area contributed by atoms with Gasteiger partial charge in [-0.3, -0.25) is 9.69 Å². The summed E-state index contributed by atoms with van der Waals surface area (Å²) in [7, 11) is 0. The van der Waals surface area contributed by atoms with Crippen LogP contribution in [0.15, 0.2) is 0 Å². The minimum Gasteiger partial charge on any atom is -0.480 e. The number of likely N-dealkylation sites (tertiary alicyclic amines) is 1. The van der Waals surface area contributed by atoms with Crippen LogP contribution in [0, 0.1) is 5.92 Å². The third kappa shape index (κ3) is 6.64. The Bertz CT molecular complexity index is 390. The Morgan fingerprint density at radius 3 is 2.50 bits per heavy atom. The molecule has 0 aromatic heterocycles. The van der Waals surface area contributed by atoms with Crippen molar-refractivity contribution in [1.29, 1.82) is 0 Å². The van der Waals surface area contributed by atoms with E-state index in [2.05, 4.69) is 0 Å². The highest BCUT2D eigenvalue weighted by molar-refractivity contribution is 5.69. The monoisotopic (exact) mass is 314 g/mol. The molecule has 128 valence electrons. The van der Waals surface area contributed by atoms with Crippen LogP contribution in [0.1, 0.15) is 47.5 Å². The van der Waals surface area contributed by atoms with Gasteiger partial charge in [0.05, 0.1) is 6.54 Å². The van der Waals surface area contributed by atoms with Crippen LogP contribution in [0.4, 0.5) is 4.79 Å². The summed E-state index contributed by atoms with van der Waals surface area (Å²) in [5.41, 5.74) is -0.508. The van der Waals surface area contributed by atoms with Crippen molar-refractivity contribution in [1.82, 2.24) is 9.80 Å². The zero-order valence-corrected chi connectivity index (χ0v) is 14.5. The third-order valence-electron chi connectivity index (χ3n) is 3.67. The van der Waals surface area contributed by atoms with Crippen LogP contribution >= 0.6 is 0 Å². The zero-order valence-electron chi connectivity index (χ0n) is 14.5. The molecule has 1 rings (SSSR count). The van der Waals surface area contributed by atoms with Gasteiger partial charge in [-0.2, -0.15) is 0 Å². The molecule has 0 aliphatic carbocycles. The lowest BCUT2D eigenvalue weighted by Crippen LogP contribution is -2.47. The largest absolute Gasteiger partial charge is 0.480 e. The number of hydrogen-bond acceptors (Lipinski definition) is 4. The Hall–Kier alpha value is -1.30. The topological polar surface area (TPSA) is 70.1 Å². The normalized spacial score (nSPS) is 20.0. The molecular weight excluding hydrogens is 284 g/mol. The fourth-order valence-electron chi connectivity index (χ4n) is 2.73. The van der Waals surface area contributed by atoms with Gasteiger partial charge in [-0.1, -0.05) is 0 Å². The molecule has 0 bridgehead atoms. The molecule has 1 N–H and O–H groups in total. The Morgan fingerprint density at radius 1 is 1.36 bits per heavy atom. The van der Waals surface area contributed by atoms with Crippen LogP contribution < -0.4 is 0 Å². The van der Waals surface area contributed by atoms with Crippen molar-refractivity contribution in [2.75, 3.05) is 26.2 Å². The molecular formula is C16H30N2O4. The van der Waals surface area contributed by atoms with Crippen LogP contribution in [0.25, 0.3) is 0 Å². The van der Waals surface area contributed by atoms with Crippen molar-refractivity contribution in [3.63, 3.8) is 0 Å². The lowest BCUT2D eigenvalue weighted by molar-refractivity contribution is -0.138. The predicted octanol–water partition coefficient (Wildman–Crippen LogP) is 2.43. The molecule has 1 fully saturated rings. The highest BCUT2D eigenvalue weighted by atomic mass is 16.6. The Labute approximate surface area is 133 Å². The maximum atomic E-state index is 12.3. The van der Waals surface area contributed by atoms with Gasteiger partial charge >= 0.3 is 12.1 Å². The van der Waals surface area contributed by atoms with Gasteiger partial charge in [0.25, 0.3) is 0 Å². The van der Waals surface area contributed by atoms with Crippen molar-refractivity contribution < 1.29 is 19.4 Å². The summed E-state index contributed by atoms with van der Waals surface area (Å²) in [4.78, 5) is 26.9. The van der Waals surface area contributed by atoms with E-state index in [0.717, 1.165) is 25.9 Å². The van der Waals surface area contributed by atoms with Gasteiger partial charge < -0.3 is 14.7 Å². The van der Waals surface area contributed by atoms with Crippen LogP contribution in [0.3, 0.4) is 0 Å². The molecule has 22 heavy (non-hydrogen) atoms. The minimum atomic E-state index is -0.798. The van der Waals surface area contributed by atoms with E-state index in [1.165, 1.54) is 0 Å². The smallest absolute Gasteiger partial charge is 0.410 e. The molecule has 1 saturated heterocycles. The number of carbonyl (C=O) groups excluding carboxylic acids is 1. The second-order valence-corrected chi connectivity index (χ2v) is 7.36. The van der Waals surface area contributed by atoms with Gasteiger partial charge in [-0.25, -0.2) is 4.79 Å². The highest BCUT2D eigenvalue weighted by Gasteiger charge is 2.29. The summed E-state index contributed by atoms with van der Waals surface area (Å²) in [5.74, 6) is -0.503. The van der Waals surface area contributed by atoms with Gasteiger partial charge in [0.15, 0.2) is 0 Å². The number of piperidine rings is 1. The number of carboxylic acid groups (broad SMARTS) is 1. The van der Waals surface area contributed by atoms with Gasteiger partial charge in [-0.15, -0.1) is 0 Å². The molecule has 1 amide bonds. The van der Waals surface area contributed by atoms with Crippen LogP contribution in [-0.4, -0.2) is 64.8 Å². The van der Waals surface area contributed by atoms with Crippen LogP contribution in [0.5, 0.6) is 0 Å². The number of aliphatic carboxylic acids is 1. The molecule has 1 aliphatic heterocycles. The average molecular weight is 314 g/mol. The lowest BCUT2D eigenvalue weighted by Gasteiger charge is -2.37. The van der Waals surface area contributed by atoms with Gasteiger partial charge in [0.2, 0.25) is 0 Å². The fourth-order valence-corrected chi connectivity index (χ4v) is 2.73. The van der Waals surface area contributed by atoms with E-state index in [1.54, 1.807) is 4.90 Å². The molecule has 0 radical (unpaired) electrons. The van der Waals surface area contributed by atoms with Crippen molar-refractivity contribution in [2.24, 2.45) is 5.92 Å². The van der Waals surface area contributed by atoms with Gasteiger partial charge in [-0.05, 0) is 59.9 Å². The zero-order chi connectivity index (χ0) is 16.9. The first kappa shape index (κ1) is 18.7. The van der Waals surface area contributed by atoms with Crippen molar-refractivity contribution in [2.45, 2.75) is 59.1 Å². The molecule has 6 heteroatoms. The molecule has 6 nitrogen and oxygen atoms in total. The first-order chi connectivity index (χ1) is 10.1. The highest BCUT2D eigenvalue weighted by Crippen LogP contribution is 2.20. The summed E-state index contributed by atoms with van der Waals surface area (Å²) in [5, 5.41) is 8.91. The van der Waals surface area contributed by atoms with Gasteiger partial charge in [0, 0.05) is 19.1 Å². The van der Waals surface area contributed by atoms with Crippen molar-refractivity contribution in [3.8, 4) is 0 Å². The number of amides is 1. The Kier molecular flexibility index (Phi) is 6.66. The molecule has 1 heterocycles. The predicted molar refractivity (Wildman–Crippen MR) is 84.9 cm³/mol. The fraction of sp³-hybridized carbons (Fsp3) is 0.875. The quantitative estimate of drug-likeness (QED) is 0.844. The number of ether oxygens (including phenoxy) is 1. The van der Waals surface area contributed by atoms with E-state index in [4.69, 9.17) is 9.84 Å². The summed E-state index contributed by atoms with van der Waals surface area (Å²) in [6, 6.07) is 0.0599. The van der Waals surface area contributed by atoms with E-state index in [9.17, 15) is 9.59 Å². The standard InChI is InChI=1S/C16H30N2O4/c1-12(2)18(15(21)22-16(3,4)5)10-13-7-6-8-17(9-13)11-14(19)20/h12-13H,6-11H2,1-5H3,(H,19,20).